The standard InChI is InChI=1S/C23H31N3O3S/c1-17-15-18(2)20(4)23(19(17)3)30(28,29)26-13-11-25(12-14-26)16-22(27)24(5)21-9-7-6-8-10-21/h6-10,15H,11-14,16H2,1-5H3. The third-order valence-electron chi connectivity index (χ3n) is 6.10. The van der Waals surface area contributed by atoms with Gasteiger partial charge >= 0.3 is 0 Å². The van der Waals surface area contributed by atoms with Crippen LogP contribution in [0.3, 0.4) is 0 Å². The first-order valence-corrected chi connectivity index (χ1v) is 11.7. The molecule has 0 bridgehead atoms. The second kappa shape index (κ2) is 8.88. The number of likely N-dealkylation sites (N-methyl/N-ethyl adjacent to an activating group) is 1. The monoisotopic (exact) mass is 429 g/mol. The third-order valence-corrected chi connectivity index (χ3v) is 8.28. The molecule has 0 radical (unpaired) electrons. The lowest BCUT2D eigenvalue weighted by molar-refractivity contribution is -0.119. The van der Waals surface area contributed by atoms with Crippen molar-refractivity contribution in [2.75, 3.05) is 44.7 Å². The summed E-state index contributed by atoms with van der Waals surface area (Å²) in [5, 5.41) is 0. The molecule has 3 rings (SSSR count). The summed E-state index contributed by atoms with van der Waals surface area (Å²) in [5.74, 6) is -0.00138. The Morgan fingerprint density at radius 1 is 0.933 bits per heavy atom. The van der Waals surface area contributed by atoms with Gasteiger partial charge in [0.1, 0.15) is 0 Å². The first-order chi connectivity index (χ1) is 14.1. The van der Waals surface area contributed by atoms with Crippen molar-refractivity contribution in [3.05, 3.63) is 58.7 Å². The van der Waals surface area contributed by atoms with Crippen LogP contribution in [0.4, 0.5) is 5.69 Å². The summed E-state index contributed by atoms with van der Waals surface area (Å²) < 4.78 is 28.3. The van der Waals surface area contributed by atoms with E-state index in [1.807, 2.05) is 69.0 Å². The quantitative estimate of drug-likeness (QED) is 0.733. The number of carbonyl (C=O) groups excluding carboxylic acids is 1. The molecule has 1 amide bonds. The second-order valence-corrected chi connectivity index (χ2v) is 9.93. The molecule has 6 nitrogen and oxygen atoms in total. The summed E-state index contributed by atoms with van der Waals surface area (Å²) in [7, 11) is -1.80. The molecule has 2 aromatic rings. The number of anilines is 1. The highest BCUT2D eigenvalue weighted by Crippen LogP contribution is 2.29. The molecule has 0 aromatic heterocycles. The van der Waals surface area contributed by atoms with E-state index in [1.165, 1.54) is 0 Å². The first kappa shape index (κ1) is 22.5. The fourth-order valence-corrected chi connectivity index (χ4v) is 5.92. The minimum Gasteiger partial charge on any atom is -0.314 e. The first-order valence-electron chi connectivity index (χ1n) is 10.2. The van der Waals surface area contributed by atoms with Crippen LogP contribution in [0, 0.1) is 27.7 Å². The molecule has 30 heavy (non-hydrogen) atoms. The minimum absolute atomic E-state index is 0.00138. The van der Waals surface area contributed by atoms with Crippen molar-refractivity contribution < 1.29 is 13.2 Å². The largest absolute Gasteiger partial charge is 0.314 e. The van der Waals surface area contributed by atoms with E-state index in [2.05, 4.69) is 0 Å². The fraction of sp³-hybridized carbons (Fsp3) is 0.435. The minimum atomic E-state index is -3.57. The molecule has 1 fully saturated rings. The van der Waals surface area contributed by atoms with Gasteiger partial charge < -0.3 is 4.90 Å². The van der Waals surface area contributed by atoms with Crippen molar-refractivity contribution >= 4 is 21.6 Å². The number of nitrogens with zero attached hydrogens (tertiary/aromatic N) is 3. The number of amides is 1. The van der Waals surface area contributed by atoms with Gasteiger partial charge in [-0.15, -0.1) is 0 Å². The van der Waals surface area contributed by atoms with Crippen LogP contribution in [0.1, 0.15) is 22.3 Å². The van der Waals surface area contributed by atoms with E-state index < -0.39 is 10.0 Å². The van der Waals surface area contributed by atoms with Crippen LogP contribution in [0.15, 0.2) is 41.3 Å². The molecule has 0 spiro atoms. The summed E-state index contributed by atoms with van der Waals surface area (Å²) in [6, 6.07) is 11.6. The van der Waals surface area contributed by atoms with Crippen LogP contribution in [0.5, 0.6) is 0 Å². The Hall–Kier alpha value is -2.22. The Labute approximate surface area is 180 Å². The summed E-state index contributed by atoms with van der Waals surface area (Å²) in [4.78, 5) is 16.7. The average Bonchev–Trinajstić information content (AvgIpc) is 2.73. The van der Waals surface area contributed by atoms with Gasteiger partial charge in [-0.3, -0.25) is 9.69 Å². The number of sulfonamides is 1. The fourth-order valence-electron chi connectivity index (χ4n) is 3.92. The smallest absolute Gasteiger partial charge is 0.243 e. The van der Waals surface area contributed by atoms with Crippen LogP contribution in [0.2, 0.25) is 0 Å². The SMILES string of the molecule is Cc1cc(C)c(C)c(S(=O)(=O)N2CCN(CC(=O)N(C)c3ccccc3)CC2)c1C. The molecule has 0 atom stereocenters. The number of hydrogen-bond acceptors (Lipinski definition) is 4. The van der Waals surface area contributed by atoms with E-state index in [-0.39, 0.29) is 12.5 Å². The maximum atomic E-state index is 13.4. The number of para-hydroxylation sites is 1. The number of carbonyl (C=O) groups is 1. The third kappa shape index (κ3) is 4.43. The maximum Gasteiger partial charge on any atom is 0.243 e. The van der Waals surface area contributed by atoms with E-state index in [0.29, 0.717) is 31.1 Å². The predicted octanol–water partition coefficient (Wildman–Crippen LogP) is 2.89. The van der Waals surface area contributed by atoms with Crippen LogP contribution in [0.25, 0.3) is 0 Å². The van der Waals surface area contributed by atoms with Gasteiger partial charge in [0.15, 0.2) is 0 Å². The number of aryl methyl sites for hydroxylation is 2. The predicted molar refractivity (Wildman–Crippen MR) is 120 cm³/mol. The lowest BCUT2D eigenvalue weighted by Crippen LogP contribution is -2.51. The molecule has 1 aliphatic rings. The summed E-state index contributed by atoms with van der Waals surface area (Å²) in [6.45, 7) is 9.79. The van der Waals surface area contributed by atoms with Gasteiger partial charge in [0.05, 0.1) is 11.4 Å². The van der Waals surface area contributed by atoms with Gasteiger partial charge in [-0.05, 0) is 62.1 Å². The molecule has 0 aliphatic carbocycles. The highest BCUT2D eigenvalue weighted by molar-refractivity contribution is 7.89. The zero-order chi connectivity index (χ0) is 22.1. The Bertz CT molecular complexity index is 1000. The van der Waals surface area contributed by atoms with Crippen LogP contribution >= 0.6 is 0 Å². The van der Waals surface area contributed by atoms with E-state index in [0.717, 1.165) is 27.9 Å². The van der Waals surface area contributed by atoms with Gasteiger partial charge in [-0.25, -0.2) is 8.42 Å². The summed E-state index contributed by atoms with van der Waals surface area (Å²) >= 11 is 0. The van der Waals surface area contributed by atoms with E-state index in [4.69, 9.17) is 0 Å². The van der Waals surface area contributed by atoms with Gasteiger partial charge in [0.2, 0.25) is 15.9 Å². The molecule has 0 saturated carbocycles. The van der Waals surface area contributed by atoms with Crippen molar-refractivity contribution in [3.63, 3.8) is 0 Å². The average molecular weight is 430 g/mol. The number of hydrogen-bond donors (Lipinski definition) is 0. The molecule has 2 aromatic carbocycles. The van der Waals surface area contributed by atoms with E-state index >= 15 is 0 Å². The molecule has 1 heterocycles. The van der Waals surface area contributed by atoms with Crippen molar-refractivity contribution in [2.45, 2.75) is 32.6 Å². The second-order valence-electron chi connectivity index (χ2n) is 8.06. The zero-order valence-corrected chi connectivity index (χ0v) is 19.3. The van der Waals surface area contributed by atoms with Crippen LogP contribution in [-0.4, -0.2) is 63.3 Å². The molecule has 1 aliphatic heterocycles. The molecule has 7 heteroatoms. The van der Waals surface area contributed by atoms with Gasteiger partial charge in [0.25, 0.3) is 0 Å². The van der Waals surface area contributed by atoms with Crippen LogP contribution in [-0.2, 0) is 14.8 Å². The van der Waals surface area contributed by atoms with Gasteiger partial charge in [-0.2, -0.15) is 4.31 Å². The van der Waals surface area contributed by atoms with Crippen molar-refractivity contribution in [3.8, 4) is 0 Å². The van der Waals surface area contributed by atoms with Crippen molar-refractivity contribution in [1.82, 2.24) is 9.21 Å². The Balaban J connectivity index is 1.68. The molecular formula is C23H31N3O3S. The number of piperazine rings is 1. The van der Waals surface area contributed by atoms with Gasteiger partial charge in [0, 0.05) is 38.9 Å². The number of benzene rings is 2. The Morgan fingerprint density at radius 2 is 1.47 bits per heavy atom. The normalized spacial score (nSPS) is 15.9. The van der Waals surface area contributed by atoms with E-state index in [1.54, 1.807) is 16.3 Å². The Kier molecular flexibility index (Phi) is 6.65. The Morgan fingerprint density at radius 3 is 2.00 bits per heavy atom. The molecule has 0 N–H and O–H groups in total. The molecule has 1 saturated heterocycles. The summed E-state index contributed by atoms with van der Waals surface area (Å²) in [6.07, 6.45) is 0. The molecule has 0 unspecified atom stereocenters. The lowest BCUT2D eigenvalue weighted by Gasteiger charge is -2.35. The van der Waals surface area contributed by atoms with Crippen molar-refractivity contribution in [2.24, 2.45) is 0 Å². The maximum absolute atomic E-state index is 13.4. The van der Waals surface area contributed by atoms with Crippen LogP contribution < -0.4 is 4.90 Å². The van der Waals surface area contributed by atoms with Crippen molar-refractivity contribution in [1.29, 1.82) is 0 Å². The number of rotatable bonds is 5. The topological polar surface area (TPSA) is 60.9 Å². The summed E-state index contributed by atoms with van der Waals surface area (Å²) in [5.41, 5.74) is 4.47. The lowest BCUT2D eigenvalue weighted by atomic mass is 10.0. The van der Waals surface area contributed by atoms with E-state index in [9.17, 15) is 13.2 Å². The highest BCUT2D eigenvalue weighted by atomic mass is 32.2. The highest BCUT2D eigenvalue weighted by Gasteiger charge is 2.32. The van der Waals surface area contributed by atoms with Gasteiger partial charge in [-0.1, -0.05) is 24.3 Å². The molecule has 162 valence electrons. The zero-order valence-electron chi connectivity index (χ0n) is 18.5. The molecular weight excluding hydrogens is 398 g/mol.